The van der Waals surface area contributed by atoms with Crippen molar-refractivity contribution in [1.82, 2.24) is 4.57 Å². The summed E-state index contributed by atoms with van der Waals surface area (Å²) >= 11 is 0. The van der Waals surface area contributed by atoms with Gasteiger partial charge in [-0.05, 0) is 48.1 Å². The molecule has 0 bridgehead atoms. The van der Waals surface area contributed by atoms with Crippen molar-refractivity contribution >= 4 is 16.7 Å². The molecule has 0 aliphatic carbocycles. The minimum absolute atomic E-state index is 0.209. The Kier molecular flexibility index (Phi) is 7.99. The summed E-state index contributed by atoms with van der Waals surface area (Å²) < 4.78 is 8.16. The molecule has 5 nitrogen and oxygen atoms in total. The lowest BCUT2D eigenvalue weighted by molar-refractivity contribution is 0.304. The van der Waals surface area contributed by atoms with Gasteiger partial charge in [0.1, 0.15) is 11.6 Å². The number of aryl methyl sites for hydroxylation is 1. The van der Waals surface area contributed by atoms with Crippen LogP contribution in [0.5, 0.6) is 5.75 Å². The molecule has 0 spiro atoms. The zero-order chi connectivity index (χ0) is 20.3. The Labute approximate surface area is 172 Å². The maximum absolute atomic E-state index is 8.60. The minimum Gasteiger partial charge on any atom is -0.494 e. The first-order valence-electron chi connectivity index (χ1n) is 10.5. The van der Waals surface area contributed by atoms with E-state index in [1.165, 1.54) is 43.0 Å². The number of benzene rings is 2. The van der Waals surface area contributed by atoms with Crippen LogP contribution in [-0.2, 0) is 13.0 Å². The summed E-state index contributed by atoms with van der Waals surface area (Å²) in [4.78, 5) is 0. The molecule has 0 aliphatic rings. The highest BCUT2D eigenvalue weighted by molar-refractivity contribution is 5.82. The predicted molar refractivity (Wildman–Crippen MR) is 119 cm³/mol. The van der Waals surface area contributed by atoms with Crippen LogP contribution in [0.15, 0.2) is 65.9 Å². The molecule has 0 atom stereocenters. The number of rotatable bonds is 12. The quantitative estimate of drug-likeness (QED) is 0.143. The van der Waals surface area contributed by atoms with Gasteiger partial charge in [-0.3, -0.25) is 0 Å². The highest BCUT2D eigenvalue weighted by atomic mass is 16.5. The molecule has 0 saturated heterocycles. The van der Waals surface area contributed by atoms with Gasteiger partial charge in [-0.15, -0.1) is 0 Å². The number of nitrogens with zero attached hydrogens (tertiary/aromatic N) is 2. The summed E-state index contributed by atoms with van der Waals surface area (Å²) in [5.41, 5.74) is 7.85. The fourth-order valence-electron chi connectivity index (χ4n) is 3.56. The van der Waals surface area contributed by atoms with Gasteiger partial charge < -0.3 is 20.2 Å². The van der Waals surface area contributed by atoms with Gasteiger partial charge in [-0.2, -0.15) is 0 Å². The van der Waals surface area contributed by atoms with Crippen molar-refractivity contribution < 1.29 is 9.94 Å². The maximum atomic E-state index is 8.60. The van der Waals surface area contributed by atoms with Gasteiger partial charge in [0.2, 0.25) is 0 Å². The average molecular weight is 394 g/mol. The zero-order valence-corrected chi connectivity index (χ0v) is 17.0. The Hall–Kier alpha value is -2.95. The summed E-state index contributed by atoms with van der Waals surface area (Å²) in [7, 11) is 0. The van der Waals surface area contributed by atoms with Crippen LogP contribution in [0.25, 0.3) is 10.9 Å². The van der Waals surface area contributed by atoms with Crippen LogP contribution in [-0.4, -0.2) is 22.2 Å². The van der Waals surface area contributed by atoms with Crippen molar-refractivity contribution in [3.05, 3.63) is 66.4 Å². The molecule has 0 radical (unpaired) electrons. The third-order valence-corrected chi connectivity index (χ3v) is 5.18. The highest BCUT2D eigenvalue weighted by Crippen LogP contribution is 2.17. The Morgan fingerprint density at radius 1 is 0.897 bits per heavy atom. The second-order valence-corrected chi connectivity index (χ2v) is 7.45. The van der Waals surface area contributed by atoms with Gasteiger partial charge in [-0.1, -0.05) is 61.2 Å². The first-order chi connectivity index (χ1) is 14.3. The van der Waals surface area contributed by atoms with Gasteiger partial charge in [0.15, 0.2) is 0 Å². The molecule has 1 aromatic heterocycles. The second-order valence-electron chi connectivity index (χ2n) is 7.45. The fraction of sp³-hybridized carbons (Fsp3) is 0.375. The molecule has 0 unspecified atom stereocenters. The van der Waals surface area contributed by atoms with Crippen LogP contribution in [0, 0.1) is 0 Å². The number of nitrogens with two attached hydrogens (primary N) is 1. The molecule has 5 heteroatoms. The molecule has 1 heterocycles. The number of unbranched alkanes of at least 4 members (excludes halogenated alkanes) is 5. The topological polar surface area (TPSA) is 72.8 Å². The van der Waals surface area contributed by atoms with Crippen molar-refractivity contribution in [3.8, 4) is 5.75 Å². The fourth-order valence-corrected chi connectivity index (χ4v) is 3.56. The molecule has 0 amide bonds. The van der Waals surface area contributed by atoms with Crippen molar-refractivity contribution in [3.63, 3.8) is 0 Å². The number of para-hydroxylation sites is 1. The predicted octanol–water partition coefficient (Wildman–Crippen LogP) is 5.35. The Bertz CT molecular complexity index is 900. The first kappa shape index (κ1) is 20.8. The number of hydrogen-bond acceptors (Lipinski definition) is 3. The monoisotopic (exact) mass is 393 g/mol. The molecule has 3 rings (SSSR count). The van der Waals surface area contributed by atoms with E-state index in [1.807, 2.05) is 24.3 Å². The number of ether oxygens (including phenoxy) is 1. The summed E-state index contributed by atoms with van der Waals surface area (Å²) in [5.74, 6) is 1.08. The molecule has 2 aromatic carbocycles. The lowest BCUT2D eigenvalue weighted by atomic mass is 10.1. The summed E-state index contributed by atoms with van der Waals surface area (Å²) in [6.45, 7) is 1.84. The van der Waals surface area contributed by atoms with Gasteiger partial charge in [0.25, 0.3) is 0 Å². The molecular formula is C24H31N3O2. The van der Waals surface area contributed by atoms with Crippen LogP contribution in [0.4, 0.5) is 0 Å². The van der Waals surface area contributed by atoms with Gasteiger partial charge >= 0.3 is 0 Å². The largest absolute Gasteiger partial charge is 0.494 e. The number of oxime groups is 1. The van der Waals surface area contributed by atoms with E-state index in [-0.39, 0.29) is 5.84 Å². The summed E-state index contributed by atoms with van der Waals surface area (Å²) in [6, 6.07) is 18.5. The number of hydrogen-bond donors (Lipinski definition) is 2. The Morgan fingerprint density at radius 2 is 1.62 bits per heavy atom. The second kappa shape index (κ2) is 11.1. The molecule has 0 fully saturated rings. The first-order valence-corrected chi connectivity index (χ1v) is 10.5. The van der Waals surface area contributed by atoms with E-state index in [1.54, 1.807) is 0 Å². The van der Waals surface area contributed by atoms with E-state index in [0.29, 0.717) is 6.42 Å². The minimum atomic E-state index is 0.209. The van der Waals surface area contributed by atoms with E-state index in [4.69, 9.17) is 15.7 Å². The van der Waals surface area contributed by atoms with Crippen molar-refractivity contribution in [1.29, 1.82) is 0 Å². The Morgan fingerprint density at radius 3 is 2.41 bits per heavy atom. The van der Waals surface area contributed by atoms with Crippen LogP contribution >= 0.6 is 0 Å². The zero-order valence-electron chi connectivity index (χ0n) is 17.0. The number of fused-ring (bicyclic) bond motifs is 1. The van der Waals surface area contributed by atoms with Crippen molar-refractivity contribution in [2.75, 3.05) is 6.61 Å². The van der Waals surface area contributed by atoms with Crippen molar-refractivity contribution in [2.24, 2.45) is 10.9 Å². The molecule has 154 valence electrons. The van der Waals surface area contributed by atoms with Crippen molar-refractivity contribution in [2.45, 2.75) is 51.5 Å². The molecule has 0 aliphatic heterocycles. The SMILES string of the molecule is N/C(Cc1ccc(OCCCCCCCCn2ccc3ccccc32)cc1)=N/O. The summed E-state index contributed by atoms with van der Waals surface area (Å²) in [5, 5.41) is 12.9. The van der Waals surface area contributed by atoms with Gasteiger partial charge in [-0.25, -0.2) is 0 Å². The van der Waals surface area contributed by atoms with E-state index >= 15 is 0 Å². The molecular weight excluding hydrogens is 362 g/mol. The van der Waals surface area contributed by atoms with E-state index in [0.717, 1.165) is 30.9 Å². The van der Waals surface area contributed by atoms with Crippen LogP contribution in [0.1, 0.15) is 44.1 Å². The Balaban J connectivity index is 1.22. The normalized spacial score (nSPS) is 11.8. The van der Waals surface area contributed by atoms with E-state index in [2.05, 4.69) is 46.3 Å². The molecule has 3 N–H and O–H groups in total. The number of amidine groups is 1. The molecule has 0 saturated carbocycles. The third kappa shape index (κ3) is 6.56. The molecule has 3 aromatic rings. The van der Waals surface area contributed by atoms with Crippen LogP contribution < -0.4 is 10.5 Å². The number of aromatic nitrogens is 1. The van der Waals surface area contributed by atoms with Gasteiger partial charge in [0.05, 0.1) is 6.61 Å². The smallest absolute Gasteiger partial charge is 0.143 e. The third-order valence-electron chi connectivity index (χ3n) is 5.18. The lowest BCUT2D eigenvalue weighted by Gasteiger charge is -2.08. The molecule has 29 heavy (non-hydrogen) atoms. The highest BCUT2D eigenvalue weighted by Gasteiger charge is 2.01. The average Bonchev–Trinajstić information content (AvgIpc) is 3.16. The standard InChI is InChI=1S/C24H31N3O2/c25-24(26-28)19-20-11-13-22(14-12-20)29-18-8-4-2-1-3-7-16-27-17-15-21-9-5-6-10-23(21)27/h5-6,9-15,17,28H,1-4,7-8,16,18-19H2,(H2,25,26). The van der Waals surface area contributed by atoms with E-state index in [9.17, 15) is 0 Å². The summed E-state index contributed by atoms with van der Waals surface area (Å²) in [6.07, 6.45) is 9.96. The van der Waals surface area contributed by atoms with E-state index < -0.39 is 0 Å². The van der Waals surface area contributed by atoms with Crippen LogP contribution in [0.3, 0.4) is 0 Å². The lowest BCUT2D eigenvalue weighted by Crippen LogP contribution is -2.14. The van der Waals surface area contributed by atoms with Crippen LogP contribution in [0.2, 0.25) is 0 Å². The maximum Gasteiger partial charge on any atom is 0.143 e. The van der Waals surface area contributed by atoms with Gasteiger partial charge in [0, 0.05) is 24.7 Å².